The van der Waals surface area contributed by atoms with E-state index < -0.39 is 0 Å². The third-order valence-corrected chi connectivity index (χ3v) is 5.20. The van der Waals surface area contributed by atoms with E-state index in [1.165, 1.54) is 5.56 Å². The van der Waals surface area contributed by atoms with Crippen LogP contribution in [0.25, 0.3) is 0 Å². The molecule has 1 unspecified atom stereocenters. The van der Waals surface area contributed by atoms with Crippen LogP contribution in [-0.4, -0.2) is 36.7 Å². The number of likely N-dealkylation sites (N-methyl/N-ethyl adjacent to an activating group) is 1. The lowest BCUT2D eigenvalue weighted by Crippen LogP contribution is -2.44. The molecule has 0 fully saturated rings. The Morgan fingerprint density at radius 3 is 2.45 bits per heavy atom. The highest BCUT2D eigenvalue weighted by molar-refractivity contribution is 5.38. The molecule has 22 heavy (non-hydrogen) atoms. The minimum absolute atomic E-state index is 0.0127. The highest BCUT2D eigenvalue weighted by Gasteiger charge is 2.37. The molecule has 1 aliphatic heterocycles. The number of nitrogens with zero attached hydrogens (tertiary/aromatic N) is 1. The summed E-state index contributed by atoms with van der Waals surface area (Å²) in [5.41, 5.74) is 1.31. The van der Waals surface area contributed by atoms with E-state index in [1.807, 2.05) is 0 Å². The van der Waals surface area contributed by atoms with Gasteiger partial charge >= 0.3 is 0 Å². The third kappa shape index (κ3) is 3.82. The Bertz CT molecular complexity index is 453. The van der Waals surface area contributed by atoms with E-state index in [2.05, 4.69) is 62.2 Å². The zero-order valence-electron chi connectivity index (χ0n) is 14.7. The quantitative estimate of drug-likeness (QED) is 0.785. The Kier molecular flexibility index (Phi) is 6.27. The van der Waals surface area contributed by atoms with Crippen LogP contribution in [0.5, 0.6) is 5.75 Å². The van der Waals surface area contributed by atoms with Crippen LogP contribution in [0.1, 0.15) is 58.6 Å². The first-order chi connectivity index (χ1) is 10.7. The van der Waals surface area contributed by atoms with Crippen molar-refractivity contribution in [3.05, 3.63) is 29.8 Å². The number of nitrogens with one attached hydrogen (secondary N) is 1. The van der Waals surface area contributed by atoms with Crippen LogP contribution in [0.4, 0.5) is 0 Å². The maximum Gasteiger partial charge on any atom is 0.124 e. The number of benzene rings is 1. The fourth-order valence-corrected chi connectivity index (χ4v) is 3.42. The van der Waals surface area contributed by atoms with Gasteiger partial charge in [0, 0.05) is 31.1 Å². The van der Waals surface area contributed by atoms with E-state index in [0.717, 1.165) is 51.2 Å². The standard InChI is InChI=1S/C19H32N2O/c1-5-19(6-2)15-17(20-13-14-21(7-3)8-4)16-11-9-10-12-18(16)22-19/h9-12,17,20H,5-8,13-15H2,1-4H3. The lowest BCUT2D eigenvalue weighted by Gasteiger charge is -2.42. The molecule has 124 valence electrons. The van der Waals surface area contributed by atoms with Crippen LogP contribution in [0.15, 0.2) is 24.3 Å². The van der Waals surface area contributed by atoms with Crippen molar-refractivity contribution in [1.82, 2.24) is 10.2 Å². The highest BCUT2D eigenvalue weighted by Crippen LogP contribution is 2.42. The molecule has 0 amide bonds. The van der Waals surface area contributed by atoms with Crippen molar-refractivity contribution < 1.29 is 4.74 Å². The second-order valence-corrected chi connectivity index (χ2v) is 6.27. The minimum Gasteiger partial charge on any atom is -0.487 e. The molecule has 0 bridgehead atoms. The Morgan fingerprint density at radius 1 is 1.14 bits per heavy atom. The molecule has 3 heteroatoms. The number of rotatable bonds is 8. The molecular formula is C19H32N2O. The van der Waals surface area contributed by atoms with Gasteiger partial charge in [0.25, 0.3) is 0 Å². The van der Waals surface area contributed by atoms with E-state index in [1.54, 1.807) is 0 Å². The van der Waals surface area contributed by atoms with E-state index in [9.17, 15) is 0 Å². The molecule has 0 aromatic heterocycles. The molecular weight excluding hydrogens is 272 g/mol. The normalized spacial score (nSPS) is 19.8. The summed E-state index contributed by atoms with van der Waals surface area (Å²) in [5, 5.41) is 3.78. The number of hydrogen-bond acceptors (Lipinski definition) is 3. The molecule has 0 saturated carbocycles. The molecule has 0 saturated heterocycles. The van der Waals surface area contributed by atoms with Gasteiger partial charge in [-0.3, -0.25) is 0 Å². The van der Waals surface area contributed by atoms with Gasteiger partial charge in [-0.25, -0.2) is 0 Å². The fraction of sp³-hybridized carbons (Fsp3) is 0.684. The predicted octanol–water partition coefficient (Wildman–Crippen LogP) is 4.00. The fourth-order valence-electron chi connectivity index (χ4n) is 3.42. The van der Waals surface area contributed by atoms with Crippen LogP contribution >= 0.6 is 0 Å². The smallest absolute Gasteiger partial charge is 0.124 e. The lowest BCUT2D eigenvalue weighted by atomic mass is 9.83. The van der Waals surface area contributed by atoms with Crippen molar-refractivity contribution in [3.63, 3.8) is 0 Å². The zero-order chi connectivity index (χ0) is 16.0. The van der Waals surface area contributed by atoms with Crippen LogP contribution < -0.4 is 10.1 Å². The maximum atomic E-state index is 6.37. The number of ether oxygens (including phenoxy) is 1. The topological polar surface area (TPSA) is 24.5 Å². The van der Waals surface area contributed by atoms with Crippen molar-refractivity contribution in [3.8, 4) is 5.75 Å². The number of fused-ring (bicyclic) bond motifs is 1. The number of para-hydroxylation sites is 1. The first kappa shape index (κ1) is 17.3. The molecule has 1 aliphatic rings. The Labute approximate surface area is 136 Å². The predicted molar refractivity (Wildman–Crippen MR) is 93.5 cm³/mol. The van der Waals surface area contributed by atoms with Crippen molar-refractivity contribution >= 4 is 0 Å². The molecule has 1 aromatic rings. The molecule has 0 radical (unpaired) electrons. The van der Waals surface area contributed by atoms with Gasteiger partial charge in [-0.05, 0) is 32.0 Å². The molecule has 0 aliphatic carbocycles. The summed E-state index contributed by atoms with van der Waals surface area (Å²) >= 11 is 0. The van der Waals surface area contributed by atoms with Crippen molar-refractivity contribution in [2.75, 3.05) is 26.2 Å². The van der Waals surface area contributed by atoms with Gasteiger partial charge in [-0.2, -0.15) is 0 Å². The lowest BCUT2D eigenvalue weighted by molar-refractivity contribution is 0.0225. The van der Waals surface area contributed by atoms with E-state index in [-0.39, 0.29) is 5.60 Å². The van der Waals surface area contributed by atoms with Gasteiger partial charge in [0.1, 0.15) is 11.4 Å². The summed E-state index contributed by atoms with van der Waals surface area (Å²) in [6.45, 7) is 13.3. The second kappa shape index (κ2) is 7.98. The van der Waals surface area contributed by atoms with E-state index >= 15 is 0 Å². The van der Waals surface area contributed by atoms with Crippen LogP contribution in [0, 0.1) is 0 Å². The molecule has 1 N–H and O–H groups in total. The van der Waals surface area contributed by atoms with Crippen LogP contribution in [0.2, 0.25) is 0 Å². The first-order valence-corrected chi connectivity index (χ1v) is 8.91. The monoisotopic (exact) mass is 304 g/mol. The largest absolute Gasteiger partial charge is 0.487 e. The summed E-state index contributed by atoms with van der Waals surface area (Å²) in [5.74, 6) is 1.07. The second-order valence-electron chi connectivity index (χ2n) is 6.27. The van der Waals surface area contributed by atoms with Crippen molar-refractivity contribution in [1.29, 1.82) is 0 Å². The van der Waals surface area contributed by atoms with Gasteiger partial charge < -0.3 is 15.0 Å². The Balaban J connectivity index is 2.08. The molecule has 1 aromatic carbocycles. The average Bonchev–Trinajstić information content (AvgIpc) is 2.58. The van der Waals surface area contributed by atoms with Crippen LogP contribution in [-0.2, 0) is 0 Å². The molecule has 1 heterocycles. The molecule has 2 rings (SSSR count). The van der Waals surface area contributed by atoms with Crippen molar-refractivity contribution in [2.45, 2.75) is 58.6 Å². The van der Waals surface area contributed by atoms with Gasteiger partial charge in [0.2, 0.25) is 0 Å². The molecule has 0 spiro atoms. The summed E-state index contributed by atoms with van der Waals surface area (Å²) in [6, 6.07) is 8.92. The summed E-state index contributed by atoms with van der Waals surface area (Å²) < 4.78 is 6.37. The summed E-state index contributed by atoms with van der Waals surface area (Å²) in [7, 11) is 0. The summed E-state index contributed by atoms with van der Waals surface area (Å²) in [6.07, 6.45) is 3.19. The van der Waals surface area contributed by atoms with Gasteiger partial charge in [0.05, 0.1) is 0 Å². The Morgan fingerprint density at radius 2 is 1.82 bits per heavy atom. The van der Waals surface area contributed by atoms with Crippen LogP contribution in [0.3, 0.4) is 0 Å². The van der Waals surface area contributed by atoms with Gasteiger partial charge in [-0.1, -0.05) is 45.9 Å². The zero-order valence-corrected chi connectivity index (χ0v) is 14.7. The third-order valence-electron chi connectivity index (χ3n) is 5.20. The minimum atomic E-state index is -0.0127. The van der Waals surface area contributed by atoms with E-state index in [4.69, 9.17) is 4.74 Å². The Hall–Kier alpha value is -1.06. The van der Waals surface area contributed by atoms with Gasteiger partial charge in [-0.15, -0.1) is 0 Å². The number of hydrogen-bond donors (Lipinski definition) is 1. The molecule has 3 nitrogen and oxygen atoms in total. The van der Waals surface area contributed by atoms with Gasteiger partial charge in [0.15, 0.2) is 0 Å². The first-order valence-electron chi connectivity index (χ1n) is 8.91. The average molecular weight is 304 g/mol. The maximum absolute atomic E-state index is 6.37. The summed E-state index contributed by atoms with van der Waals surface area (Å²) in [4.78, 5) is 2.46. The van der Waals surface area contributed by atoms with E-state index in [0.29, 0.717) is 6.04 Å². The highest BCUT2D eigenvalue weighted by atomic mass is 16.5. The molecule has 1 atom stereocenters. The van der Waals surface area contributed by atoms with Crippen molar-refractivity contribution in [2.24, 2.45) is 0 Å². The SMILES string of the molecule is CCN(CC)CCNC1CC(CC)(CC)Oc2ccccc21.